The Morgan fingerprint density at radius 1 is 0.897 bits per heavy atom. The smallest absolute Gasteiger partial charge is 0.246 e. The minimum atomic E-state index is 0.517. The summed E-state index contributed by atoms with van der Waals surface area (Å²) in [6.45, 7) is 2.07. The summed E-state index contributed by atoms with van der Waals surface area (Å²) in [6.07, 6.45) is 1.80. The van der Waals surface area contributed by atoms with Gasteiger partial charge in [0, 0.05) is 5.56 Å². The van der Waals surface area contributed by atoms with E-state index in [2.05, 4.69) is 36.2 Å². The van der Waals surface area contributed by atoms with Crippen LogP contribution in [0.5, 0.6) is 5.75 Å². The number of rotatable bonds is 4. The first-order valence-corrected chi connectivity index (χ1v) is 9.39. The van der Waals surface area contributed by atoms with Gasteiger partial charge in [-0.05, 0) is 31.2 Å². The lowest BCUT2D eigenvalue weighted by Gasteiger charge is -2.14. The fourth-order valence-electron chi connectivity index (χ4n) is 3.45. The first-order chi connectivity index (χ1) is 14.2. The van der Waals surface area contributed by atoms with Gasteiger partial charge in [-0.2, -0.15) is 0 Å². The number of nitrogens with zero attached hydrogens (tertiary/aromatic N) is 3. The monoisotopic (exact) mass is 381 g/mol. The Morgan fingerprint density at radius 2 is 1.66 bits per heavy atom. The number of para-hydroxylation sites is 4. The molecule has 0 fully saturated rings. The van der Waals surface area contributed by atoms with E-state index in [0.717, 1.165) is 39.6 Å². The van der Waals surface area contributed by atoms with E-state index in [1.807, 2.05) is 53.1 Å². The average molecular weight is 381 g/mol. The van der Waals surface area contributed by atoms with E-state index in [-0.39, 0.29) is 0 Å². The lowest BCUT2D eigenvalue weighted by atomic mass is 10.1. The van der Waals surface area contributed by atoms with Gasteiger partial charge < -0.3 is 9.15 Å². The van der Waals surface area contributed by atoms with Gasteiger partial charge in [0.1, 0.15) is 22.8 Å². The second kappa shape index (κ2) is 6.95. The van der Waals surface area contributed by atoms with Crippen LogP contribution in [0.25, 0.3) is 39.8 Å². The lowest BCUT2D eigenvalue weighted by molar-refractivity contribution is 0.413. The zero-order chi connectivity index (χ0) is 19.8. The molecule has 5 nitrogen and oxygen atoms in total. The molecule has 0 aliphatic heterocycles. The summed E-state index contributed by atoms with van der Waals surface area (Å²) >= 11 is 0. The third kappa shape index (κ3) is 2.97. The fraction of sp³-hybridized carbons (Fsp3) is 0.0833. The summed E-state index contributed by atoms with van der Waals surface area (Å²) in [4.78, 5) is 9.40. The van der Waals surface area contributed by atoms with E-state index >= 15 is 0 Å². The third-order valence-corrected chi connectivity index (χ3v) is 4.91. The molecule has 0 saturated carbocycles. The highest BCUT2D eigenvalue weighted by Gasteiger charge is 2.21. The second-order valence-corrected chi connectivity index (χ2v) is 6.83. The second-order valence-electron chi connectivity index (χ2n) is 6.83. The van der Waals surface area contributed by atoms with Crippen molar-refractivity contribution < 1.29 is 9.15 Å². The summed E-state index contributed by atoms with van der Waals surface area (Å²) in [7, 11) is 1.67. The number of imidazole rings is 1. The molecular weight excluding hydrogens is 362 g/mol. The van der Waals surface area contributed by atoms with Gasteiger partial charge in [-0.15, -0.1) is 0 Å². The van der Waals surface area contributed by atoms with E-state index in [9.17, 15) is 0 Å². The quantitative estimate of drug-likeness (QED) is 0.403. The van der Waals surface area contributed by atoms with E-state index in [1.165, 1.54) is 5.56 Å². The van der Waals surface area contributed by atoms with Crippen molar-refractivity contribution in [2.24, 2.45) is 0 Å². The van der Waals surface area contributed by atoms with Crippen LogP contribution in [0.15, 0.2) is 83.4 Å². The van der Waals surface area contributed by atoms with Crippen molar-refractivity contribution in [1.29, 1.82) is 0 Å². The summed E-state index contributed by atoms with van der Waals surface area (Å²) < 4.78 is 13.7. The largest absolute Gasteiger partial charge is 0.495 e. The van der Waals surface area contributed by atoms with Crippen LogP contribution in [-0.4, -0.2) is 21.6 Å². The molecule has 142 valence electrons. The normalized spacial score (nSPS) is 11.1. The zero-order valence-corrected chi connectivity index (χ0v) is 16.2. The van der Waals surface area contributed by atoms with Crippen molar-refractivity contribution in [3.8, 4) is 34.4 Å². The maximum absolute atomic E-state index is 6.05. The standard InChI is InChI=1S/C24H19N3O2/c1-16-11-13-17(14-12-16)23-25-15-20(24-26-18-7-3-5-9-21(18)29-24)27(23)19-8-4-6-10-22(19)28-2/h3-15H,1-2H3. The SMILES string of the molecule is COc1ccccc1-n1c(-c2nc3ccccc3o2)cnc1-c1ccc(C)cc1. The van der Waals surface area contributed by atoms with Crippen molar-refractivity contribution in [2.75, 3.05) is 7.11 Å². The highest BCUT2D eigenvalue weighted by atomic mass is 16.5. The average Bonchev–Trinajstić information content (AvgIpc) is 3.38. The highest BCUT2D eigenvalue weighted by molar-refractivity contribution is 5.77. The molecule has 0 unspecified atom stereocenters. The van der Waals surface area contributed by atoms with Gasteiger partial charge in [-0.1, -0.05) is 54.1 Å². The van der Waals surface area contributed by atoms with E-state index in [0.29, 0.717) is 5.89 Å². The van der Waals surface area contributed by atoms with Crippen LogP contribution in [0.3, 0.4) is 0 Å². The molecular formula is C24H19N3O2. The molecule has 2 aromatic heterocycles. The molecule has 0 aliphatic carbocycles. The van der Waals surface area contributed by atoms with Crippen molar-refractivity contribution in [3.05, 3.63) is 84.6 Å². The molecule has 0 bridgehead atoms. The molecule has 0 atom stereocenters. The number of methoxy groups -OCH3 is 1. The Labute approximate surface area is 168 Å². The number of fused-ring (bicyclic) bond motifs is 1. The molecule has 0 spiro atoms. The van der Waals surface area contributed by atoms with E-state index < -0.39 is 0 Å². The number of hydrogen-bond acceptors (Lipinski definition) is 4. The van der Waals surface area contributed by atoms with Gasteiger partial charge in [-0.3, -0.25) is 4.57 Å². The first kappa shape index (κ1) is 17.3. The summed E-state index contributed by atoms with van der Waals surface area (Å²) in [5, 5.41) is 0. The van der Waals surface area contributed by atoms with Crippen molar-refractivity contribution in [1.82, 2.24) is 14.5 Å². The minimum absolute atomic E-state index is 0.517. The van der Waals surface area contributed by atoms with Crippen molar-refractivity contribution in [3.63, 3.8) is 0 Å². The van der Waals surface area contributed by atoms with Crippen LogP contribution in [-0.2, 0) is 0 Å². The Hall–Kier alpha value is -3.86. The van der Waals surface area contributed by atoms with Gasteiger partial charge >= 0.3 is 0 Å². The number of oxazole rings is 1. The summed E-state index contributed by atoms with van der Waals surface area (Å²) in [5.74, 6) is 2.06. The Morgan fingerprint density at radius 3 is 2.45 bits per heavy atom. The molecule has 0 N–H and O–H groups in total. The van der Waals surface area contributed by atoms with Gasteiger partial charge in [0.05, 0.1) is 19.0 Å². The van der Waals surface area contributed by atoms with Gasteiger partial charge in [0.2, 0.25) is 5.89 Å². The zero-order valence-electron chi connectivity index (χ0n) is 16.2. The number of benzene rings is 3. The molecule has 0 aliphatic rings. The van der Waals surface area contributed by atoms with Crippen molar-refractivity contribution in [2.45, 2.75) is 6.92 Å². The van der Waals surface area contributed by atoms with Crippen LogP contribution >= 0.6 is 0 Å². The number of aryl methyl sites for hydroxylation is 1. The topological polar surface area (TPSA) is 53.1 Å². The van der Waals surface area contributed by atoms with Crippen molar-refractivity contribution >= 4 is 11.1 Å². The molecule has 0 saturated heterocycles. The maximum Gasteiger partial charge on any atom is 0.246 e. The minimum Gasteiger partial charge on any atom is -0.495 e. The first-order valence-electron chi connectivity index (χ1n) is 9.39. The molecule has 29 heavy (non-hydrogen) atoms. The molecule has 5 rings (SSSR count). The van der Waals surface area contributed by atoms with E-state index in [4.69, 9.17) is 14.1 Å². The van der Waals surface area contributed by atoms with Gasteiger partial charge in [-0.25, -0.2) is 9.97 Å². The molecule has 2 heterocycles. The Bertz CT molecular complexity index is 1270. The molecule has 3 aromatic carbocycles. The van der Waals surface area contributed by atoms with Gasteiger partial charge in [0.25, 0.3) is 0 Å². The molecule has 0 radical (unpaired) electrons. The Balaban J connectivity index is 1.78. The molecule has 5 heteroatoms. The summed E-state index contributed by atoms with van der Waals surface area (Å²) in [5.41, 5.74) is 5.40. The highest BCUT2D eigenvalue weighted by Crippen LogP contribution is 2.35. The Kier molecular flexibility index (Phi) is 4.13. The predicted octanol–water partition coefficient (Wildman–Crippen LogP) is 5.66. The number of aromatic nitrogens is 3. The number of ether oxygens (including phenoxy) is 1. The summed E-state index contributed by atoms with van der Waals surface area (Å²) in [6, 6.07) is 23.9. The van der Waals surface area contributed by atoms with Crippen LogP contribution in [0.4, 0.5) is 0 Å². The molecule has 5 aromatic rings. The van der Waals surface area contributed by atoms with Crippen LogP contribution in [0, 0.1) is 6.92 Å². The van der Waals surface area contributed by atoms with Crippen LogP contribution in [0.1, 0.15) is 5.56 Å². The lowest BCUT2D eigenvalue weighted by Crippen LogP contribution is -2.02. The third-order valence-electron chi connectivity index (χ3n) is 4.91. The van der Waals surface area contributed by atoms with Crippen LogP contribution < -0.4 is 4.74 Å². The van der Waals surface area contributed by atoms with Crippen LogP contribution in [0.2, 0.25) is 0 Å². The van der Waals surface area contributed by atoms with Gasteiger partial charge in [0.15, 0.2) is 5.58 Å². The molecule has 0 amide bonds. The fourth-order valence-corrected chi connectivity index (χ4v) is 3.45. The number of hydrogen-bond donors (Lipinski definition) is 0. The van der Waals surface area contributed by atoms with E-state index in [1.54, 1.807) is 13.3 Å². The maximum atomic E-state index is 6.05. The predicted molar refractivity (Wildman–Crippen MR) is 113 cm³/mol.